The number of Topliss-reactive ketones (excluding diaryl/α,β-unsaturated/α-hetero) is 3. The first-order valence-corrected chi connectivity index (χ1v) is 49.3. The largest absolute Gasteiger partial charge is 0.480 e. The molecule has 0 bridgehead atoms. The van der Waals surface area contributed by atoms with Gasteiger partial charge in [0.2, 0.25) is 29.5 Å². The molecule has 0 saturated carbocycles. The third kappa shape index (κ3) is 30.0. The van der Waals surface area contributed by atoms with Crippen LogP contribution in [-0.2, 0) is 102 Å². The molecule has 0 saturated heterocycles. The summed E-state index contributed by atoms with van der Waals surface area (Å²) < 4.78 is 145. The molecule has 0 spiro atoms. The average Bonchev–Trinajstić information content (AvgIpc) is 1.78. The van der Waals surface area contributed by atoms with Crippen LogP contribution in [0.5, 0.6) is 5.88 Å². The highest BCUT2D eigenvalue weighted by Crippen LogP contribution is 2.30. The lowest BCUT2D eigenvalue weighted by Gasteiger charge is -2.19. The number of halogens is 8. The number of thiazole rings is 1. The van der Waals surface area contributed by atoms with E-state index in [0.717, 1.165) is 130 Å². The van der Waals surface area contributed by atoms with Crippen molar-refractivity contribution in [2.75, 3.05) is 42.4 Å². The molecule has 6 aromatic heterocycles. The lowest BCUT2D eigenvalue weighted by Crippen LogP contribution is -2.48. The number of benzene rings is 11. The van der Waals surface area contributed by atoms with Crippen LogP contribution in [0.1, 0.15) is 96.5 Å². The van der Waals surface area contributed by atoms with Crippen LogP contribution in [0, 0.1) is 58.4 Å². The van der Waals surface area contributed by atoms with Crippen LogP contribution in [0.2, 0.25) is 0 Å². The van der Waals surface area contributed by atoms with E-state index in [1.165, 1.54) is 67.1 Å². The number of fused-ring (bicyclic) bond motifs is 5. The quantitative estimate of drug-likeness (QED) is 0.0128. The molecule has 0 radical (unpaired) electrons. The van der Waals surface area contributed by atoms with Gasteiger partial charge in [0.05, 0.1) is 46.1 Å². The number of hydrogen-bond donors (Lipinski definition) is 9. The van der Waals surface area contributed by atoms with Gasteiger partial charge in [0.1, 0.15) is 47.3 Å². The maximum atomic E-state index is 13.8. The van der Waals surface area contributed by atoms with Crippen LogP contribution in [0.15, 0.2) is 302 Å². The van der Waals surface area contributed by atoms with Crippen molar-refractivity contribution in [3.8, 4) is 5.88 Å². The van der Waals surface area contributed by atoms with E-state index >= 15 is 0 Å². The Morgan fingerprint density at radius 1 is 0.389 bits per heavy atom. The molecule has 5 amide bonds. The van der Waals surface area contributed by atoms with Crippen LogP contribution in [0.4, 0.5) is 58.4 Å². The molecule has 17 aromatic rings. The van der Waals surface area contributed by atoms with Gasteiger partial charge in [-0.25, -0.2) is 73.4 Å². The summed E-state index contributed by atoms with van der Waals surface area (Å²) in [5.41, 5.74) is 32.5. The zero-order valence-corrected chi connectivity index (χ0v) is 81.6. The van der Waals surface area contributed by atoms with E-state index in [-0.39, 0.29) is 118 Å². The van der Waals surface area contributed by atoms with E-state index < -0.39 is 115 Å². The lowest BCUT2D eigenvalue weighted by molar-refractivity contribution is -0.131. The molecule has 11 aromatic carbocycles. The van der Waals surface area contributed by atoms with Gasteiger partial charge in [-0.05, 0) is 231 Å². The highest BCUT2D eigenvalue weighted by Gasteiger charge is 2.30. The van der Waals surface area contributed by atoms with E-state index in [4.69, 9.17) is 32.4 Å². The zero-order chi connectivity index (χ0) is 106. The number of sulfone groups is 1. The van der Waals surface area contributed by atoms with Crippen molar-refractivity contribution in [2.45, 2.75) is 101 Å². The monoisotopic (exact) mass is 2060 g/mol. The minimum Gasteiger partial charge on any atom is -0.480 e. The summed E-state index contributed by atoms with van der Waals surface area (Å²) in [5.74, 6) is -11.7. The van der Waals surface area contributed by atoms with Crippen molar-refractivity contribution in [3.05, 3.63) is 405 Å². The minimum atomic E-state index is -3.67. The van der Waals surface area contributed by atoms with E-state index in [9.17, 15) is 81.9 Å². The molecule has 762 valence electrons. The molecular weight excluding hydrogens is 1960 g/mol. The van der Waals surface area contributed by atoms with E-state index in [2.05, 4.69) is 56.5 Å². The molecule has 37 heteroatoms. The standard InChI is InChI=1S/C29H27F2N3O4S.C29H27F2N3O3.C28H22F2N4O2S.C26H23F2N5O3/c30-26-9-7-19(16-27(26)31)14-22(17-23(35)11-13-39(37,38)24-4-2-1-3-5-24)29(36)34-18-20-6-8-25-21(15-20)10-12-33-28(25)32;30-24-10-7-21(15-25(24)31)16-26(34-28(36)18-37-17-20-4-2-1-3-5-20)27(35)11-8-19-6-9-23-22(14-19)12-13-33-29(23)32;29-22-5-2-16(11-23(22)30)9-20(12-25(35)19-3-6-24-26(13-19)37-15-34-24)28(36)33-14-17-1-4-21-18(10-17)7-8-32-27(21)31;1-36-26-19(3-2-9-31-26)24(34)33-22(13-15-5-7-20(27)21(28)12-15)25(35)32-14-16-4-6-18-17(11-16)8-10-30-23(18)29/h1-10,12,15-16,22H,11,13-14,17-18H2,(H2,32,33)(H,34,36);1-7,9-10,12-15,26H,8,11,16-18H2,(H2,32,33)(H,34,36);1-8,10-11,13,15,20H,9,12,14H2,(H2,31,32)(H,33,36);2-12,22H,13-14H2,1H3,(H2,29,30)(H,32,35)(H,33,34)/t22-;26-;20-;22-/m1010/s1. The van der Waals surface area contributed by atoms with Crippen molar-refractivity contribution < 1.29 is 91.4 Å². The summed E-state index contributed by atoms with van der Waals surface area (Å²) in [6, 6.07) is 66.6. The van der Waals surface area contributed by atoms with Crippen LogP contribution in [-0.4, -0.2) is 117 Å². The Morgan fingerprint density at radius 3 is 1.29 bits per heavy atom. The first-order valence-electron chi connectivity index (χ1n) is 46.7. The van der Waals surface area contributed by atoms with Gasteiger partial charge < -0.3 is 59.0 Å². The van der Waals surface area contributed by atoms with Crippen molar-refractivity contribution in [1.82, 2.24) is 56.5 Å². The summed E-state index contributed by atoms with van der Waals surface area (Å²) in [4.78, 5) is 129. The van der Waals surface area contributed by atoms with Gasteiger partial charge in [0.15, 0.2) is 67.9 Å². The molecule has 0 fully saturated rings. The number of anilines is 4. The highest BCUT2D eigenvalue weighted by atomic mass is 32.2. The van der Waals surface area contributed by atoms with E-state index in [1.54, 1.807) is 91.0 Å². The zero-order valence-electron chi connectivity index (χ0n) is 79.9. The molecular formula is C112H99F8N15O12S2. The number of nitrogens with one attached hydrogen (secondary N) is 5. The maximum Gasteiger partial charge on any atom is 0.257 e. The van der Waals surface area contributed by atoms with Crippen molar-refractivity contribution >= 4 is 145 Å². The third-order valence-electron chi connectivity index (χ3n) is 24.2. The van der Waals surface area contributed by atoms with Gasteiger partial charge in [-0.3, -0.25) is 38.4 Å². The fraction of sp³-hybridized carbons (Fsp3) is 0.179. The van der Waals surface area contributed by atoms with Gasteiger partial charge in [-0.2, -0.15) is 0 Å². The van der Waals surface area contributed by atoms with Crippen LogP contribution >= 0.6 is 11.3 Å². The Kier molecular flexibility index (Phi) is 36.8. The number of methoxy groups -OCH3 is 1. The molecule has 13 N–H and O–H groups in total. The summed E-state index contributed by atoms with van der Waals surface area (Å²) in [6.45, 7) is 0.556. The van der Waals surface area contributed by atoms with Crippen molar-refractivity contribution in [1.29, 1.82) is 0 Å². The van der Waals surface area contributed by atoms with Crippen LogP contribution in [0.3, 0.4) is 0 Å². The minimum absolute atomic E-state index is 0.0276. The van der Waals surface area contributed by atoms with Gasteiger partial charge in [-0.1, -0.05) is 127 Å². The second-order valence-corrected chi connectivity index (χ2v) is 37.8. The second kappa shape index (κ2) is 51.0. The fourth-order valence-corrected chi connectivity index (χ4v) is 18.4. The first kappa shape index (κ1) is 108. The molecule has 17 rings (SSSR count). The summed E-state index contributed by atoms with van der Waals surface area (Å²) in [6.07, 6.45) is 7.86. The molecule has 0 aliphatic heterocycles. The first-order chi connectivity index (χ1) is 71.7. The molecule has 27 nitrogen and oxygen atoms in total. The number of pyridine rings is 5. The van der Waals surface area contributed by atoms with Crippen molar-refractivity contribution in [2.24, 2.45) is 11.8 Å². The Hall–Kier alpha value is -17.2. The van der Waals surface area contributed by atoms with Crippen LogP contribution in [0.25, 0.3) is 53.3 Å². The second-order valence-electron chi connectivity index (χ2n) is 34.8. The Labute approximate surface area is 853 Å². The molecule has 0 aliphatic carbocycles. The lowest BCUT2D eigenvalue weighted by atomic mass is 9.91. The SMILES string of the molecule is COc1ncccc1C(=O)N[C@@H](Cc1ccc(F)c(F)c1)C(=O)NCc1ccc2c(N)nccc2c1.Nc1nccc2cc(CCC(=O)[C@H](Cc3ccc(F)c(F)c3)NC(=O)COCc3ccccc3)ccc12.Nc1nccc2cc(CNC(=O)[C@@H](CC(=O)CCS(=O)(=O)c3ccccc3)Cc3ccc(F)c(F)c3)ccc12.Nc1nccc2cc(CNC(=O)[C@@H](CC(=O)c3ccc4ncsc4c3)Cc3ccc(F)c(F)c3)ccc12. The number of nitrogens with zero attached hydrogens (tertiary/aromatic N) is 6. The molecule has 149 heavy (non-hydrogen) atoms. The topological polar surface area (TPSA) is 431 Å². The van der Waals surface area contributed by atoms with Crippen LogP contribution < -0.4 is 54.3 Å². The summed E-state index contributed by atoms with van der Waals surface area (Å²) >= 11 is 1.43. The van der Waals surface area contributed by atoms with Gasteiger partial charge in [-0.15, -0.1) is 11.3 Å². The highest BCUT2D eigenvalue weighted by molar-refractivity contribution is 7.91. The summed E-state index contributed by atoms with van der Waals surface area (Å²) in [7, 11) is -2.30. The number of amides is 5. The number of hydrogen-bond acceptors (Lipinski definition) is 23. The van der Waals surface area contributed by atoms with Gasteiger partial charge >= 0.3 is 0 Å². The average molecular weight is 2060 g/mol. The normalized spacial score (nSPS) is 12.0. The molecule has 4 atom stereocenters. The number of aromatic nitrogens is 6. The van der Waals surface area contributed by atoms with Crippen molar-refractivity contribution in [3.63, 3.8) is 0 Å². The number of ketones is 3. The van der Waals surface area contributed by atoms with E-state index in [1.807, 2.05) is 109 Å². The molecule has 0 unspecified atom stereocenters. The Balaban J connectivity index is 0.000000157. The smallest absolute Gasteiger partial charge is 0.257 e. The predicted molar refractivity (Wildman–Crippen MR) is 552 cm³/mol. The number of nitrogens with two attached hydrogens (primary N) is 4. The molecule has 6 heterocycles. The number of nitrogen functional groups attached to an aromatic ring is 4. The predicted octanol–water partition coefficient (Wildman–Crippen LogP) is 17.5. The fourth-order valence-electron chi connectivity index (χ4n) is 16.4. The maximum absolute atomic E-state index is 13.8. The van der Waals surface area contributed by atoms with E-state index in [0.29, 0.717) is 57.5 Å². The number of carbonyl (C=O) groups excluding carboxylic acids is 8. The molecule has 0 aliphatic rings. The number of ether oxygens (including phenoxy) is 2. The van der Waals surface area contributed by atoms with Gasteiger partial charge in [0.25, 0.3) is 5.91 Å². The number of carbonyl (C=O) groups is 8. The Morgan fingerprint density at radius 2 is 0.819 bits per heavy atom. The Bertz CT molecular complexity index is 7910. The van der Waals surface area contributed by atoms with Gasteiger partial charge in [0, 0.05) is 122 Å². The number of rotatable bonds is 38. The third-order valence-corrected chi connectivity index (χ3v) is 26.8. The number of aryl methyl sites for hydroxylation is 1. The summed E-state index contributed by atoms with van der Waals surface area (Å²) in [5, 5.41) is 20.6.